The Morgan fingerprint density at radius 1 is 1.21 bits per heavy atom. The fourth-order valence-electron chi connectivity index (χ4n) is 3.09. The molecule has 4 rings (SSSR count). The minimum Gasteiger partial charge on any atom is -0.360 e. The first kappa shape index (κ1) is 19.0. The maximum Gasteiger partial charge on any atom is 0.275 e. The molecule has 0 atom stereocenters. The number of hydrogen-bond acceptors (Lipinski definition) is 3. The summed E-state index contributed by atoms with van der Waals surface area (Å²) in [6, 6.07) is 7.72. The van der Waals surface area contributed by atoms with E-state index in [0.29, 0.717) is 28.3 Å². The zero-order valence-corrected chi connectivity index (χ0v) is 16.3. The van der Waals surface area contributed by atoms with Crippen LogP contribution in [-0.4, -0.2) is 29.8 Å². The Balaban J connectivity index is 1.95. The van der Waals surface area contributed by atoms with Gasteiger partial charge in [-0.25, -0.2) is 18.7 Å². The molecule has 1 aromatic carbocycles. The highest BCUT2D eigenvalue weighted by Gasteiger charge is 2.24. The van der Waals surface area contributed by atoms with E-state index >= 15 is 0 Å². The average Bonchev–Trinajstić information content (AvgIpc) is 3.25. The standard InChI is InChI=1S/C20H15ClF2N6/c1-20(2,23)10-28-11-26-18(12-4-5-14(22)13(21)8-12)19(28)15-6-7-16-25-9-17(24-3)29(16)27-15/h4-9,11H,10H2,1-2H3. The topological polar surface area (TPSA) is 52.4 Å². The number of fused-ring (bicyclic) bond motifs is 1. The molecule has 0 spiro atoms. The fourth-order valence-corrected chi connectivity index (χ4v) is 3.27. The SMILES string of the molecule is [C-]#[N+]c1cnc2ccc(-c3c(-c4ccc(F)c(Cl)c4)ncn3CC(C)(C)F)nn12. The van der Waals surface area contributed by atoms with Crippen molar-refractivity contribution >= 4 is 23.1 Å². The summed E-state index contributed by atoms with van der Waals surface area (Å²) < 4.78 is 31.1. The summed E-state index contributed by atoms with van der Waals surface area (Å²) >= 11 is 5.95. The first-order chi connectivity index (χ1) is 13.8. The van der Waals surface area contributed by atoms with Crippen LogP contribution in [0.5, 0.6) is 0 Å². The predicted molar refractivity (Wildman–Crippen MR) is 106 cm³/mol. The van der Waals surface area contributed by atoms with E-state index in [2.05, 4.69) is 19.9 Å². The highest BCUT2D eigenvalue weighted by molar-refractivity contribution is 6.31. The quantitative estimate of drug-likeness (QED) is 0.424. The molecule has 6 nitrogen and oxygen atoms in total. The van der Waals surface area contributed by atoms with Gasteiger partial charge in [0.25, 0.3) is 5.82 Å². The molecule has 9 heteroatoms. The third-order valence-electron chi connectivity index (χ3n) is 4.28. The second-order valence-electron chi connectivity index (χ2n) is 7.13. The van der Waals surface area contributed by atoms with Crippen molar-refractivity contribution in [3.8, 4) is 22.6 Å². The molecular formula is C20H15ClF2N6. The molecule has 0 saturated heterocycles. The number of rotatable bonds is 4. The van der Waals surface area contributed by atoms with Gasteiger partial charge in [-0.2, -0.15) is 0 Å². The van der Waals surface area contributed by atoms with Gasteiger partial charge in [-0.1, -0.05) is 23.3 Å². The molecule has 0 radical (unpaired) electrons. The highest BCUT2D eigenvalue weighted by Crippen LogP contribution is 2.33. The lowest BCUT2D eigenvalue weighted by Gasteiger charge is -2.17. The van der Waals surface area contributed by atoms with Crippen LogP contribution in [0.25, 0.3) is 33.1 Å². The minimum atomic E-state index is -1.51. The van der Waals surface area contributed by atoms with E-state index in [1.165, 1.54) is 43.0 Å². The van der Waals surface area contributed by atoms with Gasteiger partial charge in [-0.05, 0) is 38.1 Å². The molecule has 3 heterocycles. The lowest BCUT2D eigenvalue weighted by Crippen LogP contribution is -2.21. The Labute approximate surface area is 170 Å². The van der Waals surface area contributed by atoms with Gasteiger partial charge < -0.3 is 9.41 Å². The van der Waals surface area contributed by atoms with Crippen LogP contribution in [0.2, 0.25) is 5.02 Å². The summed E-state index contributed by atoms with van der Waals surface area (Å²) in [5, 5.41) is 4.48. The van der Waals surface area contributed by atoms with Gasteiger partial charge in [-0.15, -0.1) is 4.52 Å². The summed E-state index contributed by atoms with van der Waals surface area (Å²) in [6.45, 7) is 10.2. The average molecular weight is 413 g/mol. The van der Waals surface area contributed by atoms with E-state index in [0.717, 1.165) is 0 Å². The monoisotopic (exact) mass is 412 g/mol. The third kappa shape index (κ3) is 3.57. The van der Waals surface area contributed by atoms with E-state index in [4.69, 9.17) is 18.2 Å². The molecule has 0 aliphatic rings. The zero-order chi connectivity index (χ0) is 20.8. The largest absolute Gasteiger partial charge is 0.360 e. The van der Waals surface area contributed by atoms with Crippen LogP contribution >= 0.6 is 11.6 Å². The van der Waals surface area contributed by atoms with Crippen molar-refractivity contribution in [1.82, 2.24) is 24.1 Å². The summed E-state index contributed by atoms with van der Waals surface area (Å²) in [4.78, 5) is 12.0. The van der Waals surface area contributed by atoms with Crippen LogP contribution < -0.4 is 0 Å². The van der Waals surface area contributed by atoms with Crippen molar-refractivity contribution in [2.75, 3.05) is 0 Å². The Kier molecular flexibility index (Phi) is 4.55. The Morgan fingerprint density at radius 3 is 2.69 bits per heavy atom. The smallest absolute Gasteiger partial charge is 0.275 e. The van der Waals surface area contributed by atoms with Crippen molar-refractivity contribution in [3.05, 3.63) is 65.1 Å². The van der Waals surface area contributed by atoms with Crippen LogP contribution in [0.15, 0.2) is 42.9 Å². The lowest BCUT2D eigenvalue weighted by molar-refractivity contribution is 0.187. The molecule has 0 unspecified atom stereocenters. The van der Waals surface area contributed by atoms with Gasteiger partial charge in [-0.3, -0.25) is 0 Å². The van der Waals surface area contributed by atoms with E-state index in [9.17, 15) is 8.78 Å². The zero-order valence-electron chi connectivity index (χ0n) is 15.6. The maximum atomic E-state index is 14.4. The number of nitrogens with zero attached hydrogens (tertiary/aromatic N) is 6. The molecule has 3 aromatic heterocycles. The second kappa shape index (κ2) is 6.94. The van der Waals surface area contributed by atoms with Crippen molar-refractivity contribution in [2.45, 2.75) is 26.1 Å². The molecule has 0 amide bonds. The first-order valence-corrected chi connectivity index (χ1v) is 9.07. The number of aromatic nitrogens is 5. The van der Waals surface area contributed by atoms with Gasteiger partial charge >= 0.3 is 0 Å². The maximum absolute atomic E-state index is 14.4. The van der Waals surface area contributed by atoms with Crippen LogP contribution in [0.3, 0.4) is 0 Å². The number of hydrogen-bond donors (Lipinski definition) is 0. The van der Waals surface area contributed by atoms with E-state index in [-0.39, 0.29) is 17.4 Å². The number of imidazole rings is 2. The van der Waals surface area contributed by atoms with E-state index in [1.807, 2.05) is 0 Å². The molecular weight excluding hydrogens is 398 g/mol. The molecule has 0 aliphatic heterocycles. The third-order valence-corrected chi connectivity index (χ3v) is 4.57. The van der Waals surface area contributed by atoms with E-state index < -0.39 is 11.5 Å². The van der Waals surface area contributed by atoms with Crippen LogP contribution in [0.1, 0.15) is 13.8 Å². The van der Waals surface area contributed by atoms with Crippen molar-refractivity contribution in [1.29, 1.82) is 0 Å². The van der Waals surface area contributed by atoms with Crippen molar-refractivity contribution < 1.29 is 8.78 Å². The fraction of sp³-hybridized carbons (Fsp3) is 0.200. The van der Waals surface area contributed by atoms with Gasteiger partial charge in [0.15, 0.2) is 0 Å². The molecule has 0 N–H and O–H groups in total. The summed E-state index contributed by atoms with van der Waals surface area (Å²) in [5.74, 6) is -0.286. The van der Waals surface area contributed by atoms with Crippen LogP contribution in [0, 0.1) is 12.4 Å². The van der Waals surface area contributed by atoms with Gasteiger partial charge in [0, 0.05) is 11.6 Å². The Bertz CT molecular complexity index is 1260. The van der Waals surface area contributed by atoms with Crippen molar-refractivity contribution in [2.24, 2.45) is 0 Å². The molecule has 0 saturated carbocycles. The molecule has 29 heavy (non-hydrogen) atoms. The van der Waals surface area contributed by atoms with Gasteiger partial charge in [0.05, 0.1) is 35.5 Å². The number of alkyl halides is 1. The number of benzene rings is 1. The number of halogens is 3. The molecule has 0 aliphatic carbocycles. The molecule has 0 bridgehead atoms. The first-order valence-electron chi connectivity index (χ1n) is 8.69. The van der Waals surface area contributed by atoms with Crippen LogP contribution in [0.4, 0.5) is 14.6 Å². The second-order valence-corrected chi connectivity index (χ2v) is 7.54. The summed E-state index contributed by atoms with van der Waals surface area (Å²) in [6.07, 6.45) is 2.95. The summed E-state index contributed by atoms with van der Waals surface area (Å²) in [5.41, 5.74) is 1.06. The molecule has 4 aromatic rings. The molecule has 146 valence electrons. The Morgan fingerprint density at radius 2 is 2.00 bits per heavy atom. The molecule has 0 fully saturated rings. The lowest BCUT2D eigenvalue weighted by atomic mass is 10.1. The van der Waals surface area contributed by atoms with Gasteiger partial charge in [0.2, 0.25) is 5.65 Å². The summed E-state index contributed by atoms with van der Waals surface area (Å²) in [7, 11) is 0. The highest BCUT2D eigenvalue weighted by atomic mass is 35.5. The Hall–Kier alpha value is -3.31. The van der Waals surface area contributed by atoms with Crippen molar-refractivity contribution in [3.63, 3.8) is 0 Å². The van der Waals surface area contributed by atoms with E-state index in [1.54, 1.807) is 22.8 Å². The normalized spacial score (nSPS) is 11.7. The van der Waals surface area contributed by atoms with Gasteiger partial charge in [0.1, 0.15) is 17.2 Å². The van der Waals surface area contributed by atoms with Crippen LogP contribution in [-0.2, 0) is 6.54 Å². The minimum absolute atomic E-state index is 0.0313. The predicted octanol–water partition coefficient (Wildman–Crippen LogP) is 5.35.